The summed E-state index contributed by atoms with van der Waals surface area (Å²) in [6.45, 7) is 5.53. The highest BCUT2D eigenvalue weighted by molar-refractivity contribution is 5.61. The summed E-state index contributed by atoms with van der Waals surface area (Å²) in [6.07, 6.45) is 4.43. The van der Waals surface area contributed by atoms with Crippen molar-refractivity contribution in [1.29, 1.82) is 0 Å². The summed E-state index contributed by atoms with van der Waals surface area (Å²) >= 11 is 0. The molecule has 0 bridgehead atoms. The maximum Gasteiger partial charge on any atom is 0.155 e. The quantitative estimate of drug-likeness (QED) is 0.728. The molecule has 1 saturated heterocycles. The molecule has 1 aromatic heterocycles. The molecule has 4 heteroatoms. The summed E-state index contributed by atoms with van der Waals surface area (Å²) in [5, 5.41) is 0. The van der Waals surface area contributed by atoms with Gasteiger partial charge in [-0.15, -0.1) is 0 Å². The minimum Gasteiger partial charge on any atom is -0.394 e. The molecular weight excluding hydrogens is 176 g/mol. The molecule has 2 rings (SSSR count). The number of rotatable bonds is 1. The Kier molecular flexibility index (Phi) is 2.27. The molecular formula is C10H16N4. The van der Waals surface area contributed by atoms with Gasteiger partial charge >= 0.3 is 0 Å². The Bertz CT molecular complexity index is 326. The first-order chi connectivity index (χ1) is 6.70. The lowest BCUT2D eigenvalue weighted by atomic mass is 10.1. The van der Waals surface area contributed by atoms with Crippen LogP contribution in [0.3, 0.4) is 0 Å². The highest BCUT2D eigenvalue weighted by Crippen LogP contribution is 2.30. The average molecular weight is 192 g/mol. The molecule has 1 aliphatic heterocycles. The summed E-state index contributed by atoms with van der Waals surface area (Å²) < 4.78 is 0. The van der Waals surface area contributed by atoms with E-state index in [1.54, 1.807) is 12.5 Å². The van der Waals surface area contributed by atoms with E-state index in [1.165, 1.54) is 6.42 Å². The second-order valence-corrected chi connectivity index (χ2v) is 4.00. The Labute approximate surface area is 84.2 Å². The van der Waals surface area contributed by atoms with Crippen molar-refractivity contribution in [2.45, 2.75) is 26.3 Å². The van der Waals surface area contributed by atoms with Crippen LogP contribution in [0.15, 0.2) is 12.5 Å². The van der Waals surface area contributed by atoms with E-state index in [0.717, 1.165) is 12.4 Å². The van der Waals surface area contributed by atoms with Crippen molar-refractivity contribution >= 4 is 11.5 Å². The number of aromatic nitrogens is 2. The van der Waals surface area contributed by atoms with Crippen LogP contribution in [0.4, 0.5) is 11.5 Å². The second kappa shape index (κ2) is 3.44. The predicted molar refractivity (Wildman–Crippen MR) is 57.0 cm³/mol. The van der Waals surface area contributed by atoms with Crippen molar-refractivity contribution in [2.75, 3.05) is 17.2 Å². The maximum atomic E-state index is 5.84. The zero-order chi connectivity index (χ0) is 10.1. The van der Waals surface area contributed by atoms with Crippen LogP contribution in [0.1, 0.15) is 20.3 Å². The number of nitrogens with two attached hydrogens (primary N) is 1. The lowest BCUT2D eigenvalue weighted by molar-refractivity contribution is 0.544. The first-order valence-electron chi connectivity index (χ1n) is 5.02. The molecule has 2 unspecified atom stereocenters. The Morgan fingerprint density at radius 3 is 2.86 bits per heavy atom. The molecule has 1 aliphatic rings. The van der Waals surface area contributed by atoms with E-state index in [9.17, 15) is 0 Å². The SMILES string of the molecule is CC1CCN(c2ncncc2N)C1C. The van der Waals surface area contributed by atoms with Crippen LogP contribution >= 0.6 is 0 Å². The van der Waals surface area contributed by atoms with E-state index < -0.39 is 0 Å². The summed E-state index contributed by atoms with van der Waals surface area (Å²) in [5.41, 5.74) is 6.52. The summed E-state index contributed by atoms with van der Waals surface area (Å²) in [4.78, 5) is 10.4. The van der Waals surface area contributed by atoms with Crippen molar-refractivity contribution in [3.05, 3.63) is 12.5 Å². The van der Waals surface area contributed by atoms with Crippen molar-refractivity contribution < 1.29 is 0 Å². The number of anilines is 2. The highest BCUT2D eigenvalue weighted by Gasteiger charge is 2.29. The minimum absolute atomic E-state index is 0.521. The van der Waals surface area contributed by atoms with Gasteiger partial charge in [-0.3, -0.25) is 0 Å². The van der Waals surface area contributed by atoms with E-state index in [2.05, 4.69) is 28.7 Å². The number of nitrogen functional groups attached to an aromatic ring is 1. The van der Waals surface area contributed by atoms with E-state index >= 15 is 0 Å². The minimum atomic E-state index is 0.521. The van der Waals surface area contributed by atoms with Gasteiger partial charge in [-0.05, 0) is 19.3 Å². The smallest absolute Gasteiger partial charge is 0.155 e. The van der Waals surface area contributed by atoms with Crippen LogP contribution in [0.2, 0.25) is 0 Å². The summed E-state index contributed by atoms with van der Waals surface area (Å²) in [6, 6.07) is 0.521. The van der Waals surface area contributed by atoms with Crippen LogP contribution in [-0.4, -0.2) is 22.6 Å². The number of nitrogens with zero attached hydrogens (tertiary/aromatic N) is 3. The standard InChI is InChI=1S/C10H16N4/c1-7-3-4-14(8(7)2)10-9(11)5-12-6-13-10/h5-8H,3-4,11H2,1-2H3. The van der Waals surface area contributed by atoms with Crippen LogP contribution in [0.25, 0.3) is 0 Å². The van der Waals surface area contributed by atoms with Gasteiger partial charge in [0.05, 0.1) is 11.9 Å². The van der Waals surface area contributed by atoms with Crippen molar-refractivity contribution in [2.24, 2.45) is 5.92 Å². The third-order valence-corrected chi connectivity index (χ3v) is 3.13. The first-order valence-corrected chi connectivity index (χ1v) is 5.02. The van der Waals surface area contributed by atoms with Gasteiger partial charge in [0, 0.05) is 12.6 Å². The first kappa shape index (κ1) is 9.24. The normalized spacial score (nSPS) is 26.9. The lowest BCUT2D eigenvalue weighted by Gasteiger charge is -2.25. The topological polar surface area (TPSA) is 55.0 Å². The van der Waals surface area contributed by atoms with Crippen LogP contribution < -0.4 is 10.6 Å². The Morgan fingerprint density at radius 1 is 1.50 bits per heavy atom. The molecule has 0 amide bonds. The lowest BCUT2D eigenvalue weighted by Crippen LogP contribution is -2.30. The maximum absolute atomic E-state index is 5.84. The van der Waals surface area contributed by atoms with E-state index in [1.807, 2.05) is 0 Å². The van der Waals surface area contributed by atoms with E-state index in [-0.39, 0.29) is 0 Å². The van der Waals surface area contributed by atoms with Gasteiger partial charge in [0.15, 0.2) is 5.82 Å². The van der Waals surface area contributed by atoms with Crippen LogP contribution in [0.5, 0.6) is 0 Å². The molecule has 0 spiro atoms. The molecule has 0 radical (unpaired) electrons. The van der Waals surface area contributed by atoms with E-state index in [0.29, 0.717) is 17.6 Å². The van der Waals surface area contributed by atoms with Gasteiger partial charge in [-0.2, -0.15) is 0 Å². The molecule has 2 atom stereocenters. The molecule has 14 heavy (non-hydrogen) atoms. The van der Waals surface area contributed by atoms with Crippen LogP contribution in [-0.2, 0) is 0 Å². The third-order valence-electron chi connectivity index (χ3n) is 3.13. The molecule has 1 fully saturated rings. The molecule has 1 aromatic rings. The molecule has 2 N–H and O–H groups in total. The van der Waals surface area contributed by atoms with E-state index in [4.69, 9.17) is 5.73 Å². The van der Waals surface area contributed by atoms with Gasteiger partial charge < -0.3 is 10.6 Å². The molecule has 2 heterocycles. The van der Waals surface area contributed by atoms with Gasteiger partial charge in [0.1, 0.15) is 6.33 Å². The van der Waals surface area contributed by atoms with Gasteiger partial charge in [0.2, 0.25) is 0 Å². The Morgan fingerprint density at radius 2 is 2.29 bits per heavy atom. The van der Waals surface area contributed by atoms with Crippen LogP contribution in [0, 0.1) is 5.92 Å². The third kappa shape index (κ3) is 1.41. The van der Waals surface area contributed by atoms with Gasteiger partial charge in [0.25, 0.3) is 0 Å². The Balaban J connectivity index is 2.28. The highest BCUT2D eigenvalue weighted by atomic mass is 15.2. The van der Waals surface area contributed by atoms with Crippen molar-refractivity contribution in [3.8, 4) is 0 Å². The fourth-order valence-corrected chi connectivity index (χ4v) is 1.97. The van der Waals surface area contributed by atoms with Gasteiger partial charge in [-0.1, -0.05) is 6.92 Å². The average Bonchev–Trinajstić information content (AvgIpc) is 2.49. The summed E-state index contributed by atoms with van der Waals surface area (Å²) in [7, 11) is 0. The Hall–Kier alpha value is -1.32. The zero-order valence-corrected chi connectivity index (χ0v) is 8.64. The van der Waals surface area contributed by atoms with Crippen molar-refractivity contribution in [1.82, 2.24) is 9.97 Å². The molecule has 4 nitrogen and oxygen atoms in total. The molecule has 0 aromatic carbocycles. The fourth-order valence-electron chi connectivity index (χ4n) is 1.97. The number of hydrogen-bond acceptors (Lipinski definition) is 4. The monoisotopic (exact) mass is 192 g/mol. The predicted octanol–water partition coefficient (Wildman–Crippen LogP) is 1.29. The second-order valence-electron chi connectivity index (χ2n) is 4.00. The number of hydrogen-bond donors (Lipinski definition) is 1. The van der Waals surface area contributed by atoms with Crippen molar-refractivity contribution in [3.63, 3.8) is 0 Å². The van der Waals surface area contributed by atoms with Gasteiger partial charge in [-0.25, -0.2) is 9.97 Å². The molecule has 0 aliphatic carbocycles. The molecule has 0 saturated carbocycles. The largest absolute Gasteiger partial charge is 0.394 e. The fraction of sp³-hybridized carbons (Fsp3) is 0.600. The molecule has 76 valence electrons. The zero-order valence-electron chi connectivity index (χ0n) is 8.64. The summed E-state index contributed by atoms with van der Waals surface area (Å²) in [5.74, 6) is 1.60.